The molecular formula is C32H37FN2O5. The first-order valence-electron chi connectivity index (χ1n) is 13.6. The summed E-state index contributed by atoms with van der Waals surface area (Å²) in [5, 5.41) is 0. The van der Waals surface area contributed by atoms with Crippen LogP contribution in [0.1, 0.15) is 67.7 Å². The lowest BCUT2D eigenvalue weighted by molar-refractivity contribution is 0.0177. The molecular weight excluding hydrogens is 511 g/mol. The Hall–Kier alpha value is -4.07. The smallest absolute Gasteiger partial charge is 0.411 e. The molecule has 212 valence electrons. The van der Waals surface area contributed by atoms with E-state index >= 15 is 0 Å². The Morgan fingerprint density at radius 3 is 2.20 bits per heavy atom. The van der Waals surface area contributed by atoms with Gasteiger partial charge in [0.25, 0.3) is 5.91 Å². The molecule has 0 spiro atoms. The van der Waals surface area contributed by atoms with E-state index in [0.717, 1.165) is 16.7 Å². The Morgan fingerprint density at radius 2 is 1.62 bits per heavy atom. The van der Waals surface area contributed by atoms with E-state index in [1.54, 1.807) is 41.2 Å². The summed E-state index contributed by atoms with van der Waals surface area (Å²) in [4.78, 5) is 29.8. The van der Waals surface area contributed by atoms with Gasteiger partial charge in [0.05, 0.1) is 13.2 Å². The molecule has 1 unspecified atom stereocenters. The highest BCUT2D eigenvalue weighted by atomic mass is 19.1. The number of nitrogens with zero attached hydrogens (tertiary/aromatic N) is 2. The zero-order chi connectivity index (χ0) is 29.0. The fourth-order valence-electron chi connectivity index (χ4n) is 4.87. The Kier molecular flexibility index (Phi) is 8.67. The summed E-state index contributed by atoms with van der Waals surface area (Å²) in [5.41, 5.74) is 2.62. The van der Waals surface area contributed by atoms with E-state index in [0.29, 0.717) is 48.9 Å². The Balaban J connectivity index is 1.79. The van der Waals surface area contributed by atoms with Crippen molar-refractivity contribution in [2.75, 3.05) is 26.7 Å². The second-order valence-corrected chi connectivity index (χ2v) is 10.7. The van der Waals surface area contributed by atoms with Gasteiger partial charge < -0.3 is 19.1 Å². The first-order chi connectivity index (χ1) is 19.0. The molecule has 40 heavy (non-hydrogen) atoms. The van der Waals surface area contributed by atoms with Crippen LogP contribution >= 0.6 is 0 Å². The number of ether oxygens (including phenoxy) is 3. The van der Waals surface area contributed by atoms with E-state index in [1.807, 2.05) is 58.9 Å². The molecule has 7 nitrogen and oxygen atoms in total. The molecule has 0 aromatic heterocycles. The second-order valence-electron chi connectivity index (χ2n) is 10.7. The van der Waals surface area contributed by atoms with Gasteiger partial charge in [-0.15, -0.1) is 0 Å². The average molecular weight is 549 g/mol. The molecule has 0 saturated heterocycles. The largest absolute Gasteiger partial charge is 0.493 e. The molecule has 0 saturated carbocycles. The van der Waals surface area contributed by atoms with Gasteiger partial charge >= 0.3 is 6.09 Å². The number of fused-ring (bicyclic) bond motifs is 1. The number of rotatable bonds is 7. The highest BCUT2D eigenvalue weighted by Gasteiger charge is 2.36. The third-order valence-corrected chi connectivity index (χ3v) is 6.85. The van der Waals surface area contributed by atoms with E-state index in [1.165, 1.54) is 12.1 Å². The minimum atomic E-state index is -0.668. The van der Waals surface area contributed by atoms with E-state index in [-0.39, 0.29) is 11.7 Å². The van der Waals surface area contributed by atoms with Gasteiger partial charge in [0.15, 0.2) is 11.5 Å². The van der Waals surface area contributed by atoms with Crippen LogP contribution in [0.2, 0.25) is 0 Å². The van der Waals surface area contributed by atoms with Crippen LogP contribution in [0.3, 0.4) is 0 Å². The highest BCUT2D eigenvalue weighted by Crippen LogP contribution is 2.43. The van der Waals surface area contributed by atoms with Crippen molar-refractivity contribution in [2.45, 2.75) is 52.7 Å². The van der Waals surface area contributed by atoms with Crippen LogP contribution < -0.4 is 9.47 Å². The second kappa shape index (κ2) is 12.0. The molecule has 1 aliphatic heterocycles. The van der Waals surface area contributed by atoms with Crippen LogP contribution in [-0.4, -0.2) is 54.1 Å². The summed E-state index contributed by atoms with van der Waals surface area (Å²) in [5.74, 6) is 1.03. The molecule has 4 rings (SSSR count). The number of carbonyl (C=O) groups is 2. The van der Waals surface area contributed by atoms with Crippen molar-refractivity contribution in [3.05, 3.63) is 88.7 Å². The van der Waals surface area contributed by atoms with Crippen molar-refractivity contribution < 1.29 is 28.2 Å². The van der Waals surface area contributed by atoms with E-state index in [9.17, 15) is 14.0 Å². The van der Waals surface area contributed by atoms with Crippen LogP contribution in [0.4, 0.5) is 9.18 Å². The van der Waals surface area contributed by atoms with Gasteiger partial charge in [-0.2, -0.15) is 0 Å². The number of methoxy groups -OCH3 is 1. The number of halogens is 1. The summed E-state index contributed by atoms with van der Waals surface area (Å²) in [6.07, 6.45) is 0.167. The quantitative estimate of drug-likeness (QED) is 0.318. The fraction of sp³-hybridized carbons (Fsp3) is 0.375. The molecule has 2 amide bonds. The molecule has 3 aromatic rings. The highest BCUT2D eigenvalue weighted by molar-refractivity contribution is 5.94. The normalized spacial score (nSPS) is 14.8. The maximum Gasteiger partial charge on any atom is 0.411 e. The topological polar surface area (TPSA) is 68.3 Å². The predicted molar refractivity (Wildman–Crippen MR) is 152 cm³/mol. The van der Waals surface area contributed by atoms with Crippen molar-refractivity contribution in [3.63, 3.8) is 0 Å². The van der Waals surface area contributed by atoms with Gasteiger partial charge in [-0.05, 0) is 106 Å². The van der Waals surface area contributed by atoms with Crippen LogP contribution in [0.5, 0.6) is 17.2 Å². The number of carbonyl (C=O) groups excluding carboxylic acids is 2. The summed E-state index contributed by atoms with van der Waals surface area (Å²) in [6.45, 7) is 11.1. The van der Waals surface area contributed by atoms with Crippen molar-refractivity contribution in [1.29, 1.82) is 0 Å². The van der Waals surface area contributed by atoms with E-state index in [2.05, 4.69) is 0 Å². The van der Waals surface area contributed by atoms with E-state index < -0.39 is 17.7 Å². The van der Waals surface area contributed by atoms with Gasteiger partial charge in [-0.25, -0.2) is 9.18 Å². The zero-order valence-corrected chi connectivity index (χ0v) is 24.0. The maximum atomic E-state index is 13.5. The average Bonchev–Trinajstić information content (AvgIpc) is 2.93. The SMILES string of the molecule is CCN(CC)C(=O)c1ccc(C2c3cc(Oc4ccc(F)cc4)c(OC)cc3CCN2C(=O)OC(C)(C)C)cc1. The lowest BCUT2D eigenvalue weighted by Gasteiger charge is -2.38. The number of benzene rings is 3. The minimum Gasteiger partial charge on any atom is -0.493 e. The lowest BCUT2D eigenvalue weighted by atomic mass is 9.87. The van der Waals surface area contributed by atoms with Crippen molar-refractivity contribution in [2.24, 2.45) is 0 Å². The van der Waals surface area contributed by atoms with Crippen LogP contribution in [-0.2, 0) is 11.2 Å². The molecule has 0 N–H and O–H groups in total. The third-order valence-electron chi connectivity index (χ3n) is 6.85. The Bertz CT molecular complexity index is 1350. The first kappa shape index (κ1) is 28.9. The molecule has 1 aliphatic rings. The summed E-state index contributed by atoms with van der Waals surface area (Å²) in [6, 6.07) is 16.4. The lowest BCUT2D eigenvalue weighted by Crippen LogP contribution is -2.43. The standard InChI is InChI=1S/C32H37FN2O5/c1-7-34(8-2)30(36)22-11-9-21(10-12-22)29-26-20-28(39-25-15-13-24(33)14-16-25)27(38-6)19-23(26)17-18-35(29)31(37)40-32(3,4)5/h9-16,19-20,29H,7-8,17-18H2,1-6H3. The fourth-order valence-corrected chi connectivity index (χ4v) is 4.87. The van der Waals surface area contributed by atoms with Gasteiger partial charge in [0.2, 0.25) is 0 Å². The third kappa shape index (κ3) is 6.38. The Morgan fingerprint density at radius 1 is 0.975 bits per heavy atom. The van der Waals surface area contributed by atoms with Gasteiger partial charge in [-0.1, -0.05) is 12.1 Å². The van der Waals surface area contributed by atoms with Gasteiger partial charge in [-0.3, -0.25) is 9.69 Å². The van der Waals surface area contributed by atoms with Crippen LogP contribution in [0.15, 0.2) is 60.7 Å². The molecule has 0 fully saturated rings. The van der Waals surface area contributed by atoms with Crippen molar-refractivity contribution in [3.8, 4) is 17.2 Å². The molecule has 0 aliphatic carbocycles. The predicted octanol–water partition coefficient (Wildman–Crippen LogP) is 6.99. The van der Waals surface area contributed by atoms with Crippen LogP contribution in [0.25, 0.3) is 0 Å². The summed E-state index contributed by atoms with van der Waals surface area (Å²) >= 11 is 0. The van der Waals surface area contributed by atoms with Crippen molar-refractivity contribution in [1.82, 2.24) is 9.80 Å². The molecule has 0 bridgehead atoms. The Labute approximate surface area is 235 Å². The monoisotopic (exact) mass is 548 g/mol. The number of amides is 2. The first-order valence-corrected chi connectivity index (χ1v) is 13.6. The number of hydrogen-bond acceptors (Lipinski definition) is 5. The molecule has 0 radical (unpaired) electrons. The molecule has 1 heterocycles. The van der Waals surface area contributed by atoms with E-state index in [4.69, 9.17) is 14.2 Å². The van der Waals surface area contributed by atoms with Crippen molar-refractivity contribution >= 4 is 12.0 Å². The molecule has 1 atom stereocenters. The number of hydrogen-bond donors (Lipinski definition) is 0. The van der Waals surface area contributed by atoms with Crippen LogP contribution in [0, 0.1) is 5.82 Å². The zero-order valence-electron chi connectivity index (χ0n) is 24.0. The summed E-state index contributed by atoms with van der Waals surface area (Å²) < 4.78 is 31.0. The molecule has 3 aromatic carbocycles. The van der Waals surface area contributed by atoms with Gasteiger partial charge in [0, 0.05) is 25.2 Å². The molecule has 8 heteroatoms. The minimum absolute atomic E-state index is 0.0377. The van der Waals surface area contributed by atoms with Gasteiger partial charge in [0.1, 0.15) is 17.2 Å². The maximum absolute atomic E-state index is 13.5. The summed E-state index contributed by atoms with van der Waals surface area (Å²) in [7, 11) is 1.57.